The van der Waals surface area contributed by atoms with Gasteiger partial charge in [0.15, 0.2) is 6.20 Å². The lowest BCUT2D eigenvalue weighted by atomic mass is 10.3. The Labute approximate surface area is 125 Å². The van der Waals surface area contributed by atoms with E-state index in [0.29, 0.717) is 17.5 Å². The second-order valence-electron chi connectivity index (χ2n) is 4.27. The molecule has 0 aliphatic carbocycles. The molecule has 1 atom stereocenters. The molecule has 0 radical (unpaired) electrons. The summed E-state index contributed by atoms with van der Waals surface area (Å²) in [7, 11) is -3.71. The number of nitrogens with zero attached hydrogens (tertiary/aromatic N) is 4. The third-order valence-electron chi connectivity index (χ3n) is 2.76. The number of sulfonamides is 1. The third-order valence-corrected chi connectivity index (χ3v) is 4.05. The van der Waals surface area contributed by atoms with Gasteiger partial charge in [-0.3, -0.25) is 4.99 Å². The van der Waals surface area contributed by atoms with Crippen LogP contribution in [0, 0.1) is 0 Å². The molecular formula is C11H10ClN6O2S+. The minimum atomic E-state index is -3.71. The number of primary sulfonamides is 1. The number of fused-ring (bicyclic) bond motifs is 1. The highest BCUT2D eigenvalue weighted by atomic mass is 35.5. The van der Waals surface area contributed by atoms with E-state index < -0.39 is 10.0 Å². The Balaban J connectivity index is 1.83. The molecule has 0 amide bonds. The topological polar surface area (TPSA) is 109 Å². The van der Waals surface area contributed by atoms with Crippen LogP contribution in [0.2, 0.25) is 0 Å². The summed E-state index contributed by atoms with van der Waals surface area (Å²) < 4.78 is 22.0. The van der Waals surface area contributed by atoms with Crippen molar-refractivity contribution in [3.05, 3.63) is 36.7 Å². The lowest BCUT2D eigenvalue weighted by molar-refractivity contribution is -0.659. The van der Waals surface area contributed by atoms with E-state index in [-0.39, 0.29) is 9.01 Å². The summed E-state index contributed by atoms with van der Waals surface area (Å²) in [5.74, 6) is 0.754. The number of halogens is 1. The van der Waals surface area contributed by atoms with Crippen LogP contribution in [0.5, 0.6) is 0 Å². The monoisotopic (exact) mass is 325 g/mol. The molecule has 1 aromatic carbocycles. The number of amidine groups is 1. The van der Waals surface area contributed by atoms with Gasteiger partial charge in [0.25, 0.3) is 11.8 Å². The number of anilines is 1. The van der Waals surface area contributed by atoms with Gasteiger partial charge in [-0.1, -0.05) is 0 Å². The fourth-order valence-corrected chi connectivity index (χ4v) is 2.48. The van der Waals surface area contributed by atoms with Gasteiger partial charge in [-0.25, -0.2) is 13.6 Å². The van der Waals surface area contributed by atoms with Crippen LogP contribution in [0.4, 0.5) is 5.69 Å². The predicted molar refractivity (Wildman–Crippen MR) is 80.1 cm³/mol. The highest BCUT2D eigenvalue weighted by molar-refractivity contribution is 7.89. The van der Waals surface area contributed by atoms with Crippen molar-refractivity contribution in [1.29, 1.82) is 0 Å². The number of rotatable bonds is 2. The van der Waals surface area contributed by atoms with Crippen LogP contribution in [0.15, 0.2) is 56.6 Å². The van der Waals surface area contributed by atoms with Gasteiger partial charge in [-0.05, 0) is 33.5 Å². The number of guanidine groups is 1. The first kappa shape index (κ1) is 13.9. The lowest BCUT2D eigenvalue weighted by Gasteiger charge is -2.12. The van der Waals surface area contributed by atoms with Gasteiger partial charge in [-0.2, -0.15) is 0 Å². The molecule has 1 unspecified atom stereocenters. The Morgan fingerprint density at radius 1 is 1.24 bits per heavy atom. The summed E-state index contributed by atoms with van der Waals surface area (Å²) in [6, 6.07) is 5.89. The van der Waals surface area contributed by atoms with Gasteiger partial charge in [0, 0.05) is 5.69 Å². The zero-order chi connectivity index (χ0) is 15.1. The summed E-state index contributed by atoms with van der Waals surface area (Å²) >= 11 is 6.22. The first-order valence-corrected chi connectivity index (χ1v) is 7.64. The zero-order valence-electron chi connectivity index (χ0n) is 10.5. The minimum absolute atomic E-state index is 0.0288. The summed E-state index contributed by atoms with van der Waals surface area (Å²) in [6.45, 7) is 0. The van der Waals surface area contributed by atoms with Gasteiger partial charge < -0.3 is 5.32 Å². The molecule has 0 fully saturated rings. The number of hydrogen-bond donors (Lipinski definition) is 2. The molecule has 21 heavy (non-hydrogen) atoms. The highest BCUT2D eigenvalue weighted by Gasteiger charge is 2.39. The number of nitrogens with one attached hydrogen (secondary N) is 1. The Kier molecular flexibility index (Phi) is 3.14. The van der Waals surface area contributed by atoms with E-state index in [9.17, 15) is 8.42 Å². The van der Waals surface area contributed by atoms with Crippen molar-refractivity contribution in [2.75, 3.05) is 5.32 Å². The largest absolute Gasteiger partial charge is 0.320 e. The van der Waals surface area contributed by atoms with Crippen molar-refractivity contribution in [2.24, 2.45) is 20.2 Å². The van der Waals surface area contributed by atoms with Crippen LogP contribution >= 0.6 is 11.8 Å². The Bertz CT molecular complexity index is 812. The molecule has 0 aromatic heterocycles. The Morgan fingerprint density at radius 3 is 2.57 bits per heavy atom. The van der Waals surface area contributed by atoms with Gasteiger partial charge in [-0.15, -0.1) is 4.99 Å². The van der Waals surface area contributed by atoms with Crippen LogP contribution in [-0.2, 0) is 10.0 Å². The molecule has 108 valence electrons. The van der Waals surface area contributed by atoms with E-state index in [2.05, 4.69) is 20.4 Å². The normalized spacial score (nSPS) is 23.5. The first-order chi connectivity index (χ1) is 9.87. The van der Waals surface area contributed by atoms with E-state index in [1.165, 1.54) is 24.5 Å². The molecule has 0 spiro atoms. The van der Waals surface area contributed by atoms with Gasteiger partial charge in [0.2, 0.25) is 21.8 Å². The van der Waals surface area contributed by atoms with Crippen LogP contribution in [-0.4, -0.2) is 30.5 Å². The maximum atomic E-state index is 11.2. The molecule has 0 bridgehead atoms. The summed E-state index contributed by atoms with van der Waals surface area (Å²) in [5, 5.41) is 12.2. The van der Waals surface area contributed by atoms with E-state index in [0.717, 1.165) is 0 Å². The summed E-state index contributed by atoms with van der Waals surface area (Å²) in [4.78, 5) is 8.16. The van der Waals surface area contributed by atoms with E-state index in [1.807, 2.05) is 0 Å². The Morgan fingerprint density at radius 2 is 1.95 bits per heavy atom. The lowest BCUT2D eigenvalue weighted by Crippen LogP contribution is -2.33. The average molecular weight is 326 g/mol. The van der Waals surface area contributed by atoms with Crippen molar-refractivity contribution < 1.29 is 12.5 Å². The number of hydrogen-bond acceptors (Lipinski definition) is 6. The van der Waals surface area contributed by atoms with Crippen LogP contribution in [0.3, 0.4) is 0 Å². The van der Waals surface area contributed by atoms with E-state index >= 15 is 0 Å². The molecule has 0 saturated heterocycles. The molecule has 3 N–H and O–H groups in total. The summed E-state index contributed by atoms with van der Waals surface area (Å²) in [5.41, 5.74) is 0.606. The number of nitrogens with two attached hydrogens (primary N) is 1. The van der Waals surface area contributed by atoms with Crippen molar-refractivity contribution in [3.63, 3.8) is 0 Å². The summed E-state index contributed by atoms with van der Waals surface area (Å²) in [6.07, 6.45) is 4.60. The second kappa shape index (κ2) is 4.74. The smallest absolute Gasteiger partial charge is 0.300 e. The molecule has 2 aliphatic rings. The molecule has 0 saturated carbocycles. The fraction of sp³-hybridized carbons (Fsp3) is 0. The predicted octanol–water partition coefficient (Wildman–Crippen LogP) is 0.955. The first-order valence-electron chi connectivity index (χ1n) is 5.75. The van der Waals surface area contributed by atoms with Crippen molar-refractivity contribution in [2.45, 2.75) is 4.90 Å². The molecular weight excluding hydrogens is 316 g/mol. The zero-order valence-corrected chi connectivity index (χ0v) is 12.1. The van der Waals surface area contributed by atoms with Crippen molar-refractivity contribution in [1.82, 2.24) is 0 Å². The molecule has 1 aromatic rings. The van der Waals surface area contributed by atoms with Crippen LogP contribution in [0.25, 0.3) is 0 Å². The molecule has 2 heterocycles. The number of quaternary nitrogens is 1. The van der Waals surface area contributed by atoms with Gasteiger partial charge >= 0.3 is 0 Å². The van der Waals surface area contributed by atoms with Crippen LogP contribution < -0.4 is 10.5 Å². The third kappa shape index (κ3) is 2.72. The van der Waals surface area contributed by atoms with Crippen LogP contribution in [0.1, 0.15) is 0 Å². The number of benzene rings is 1. The fourth-order valence-electron chi connectivity index (χ4n) is 1.76. The SMILES string of the molecule is NS(=O)(=O)c1ccc(NC2=N[N+]3(Cl)C=CN=CC3=N2)cc1. The van der Waals surface area contributed by atoms with Crippen molar-refractivity contribution >= 4 is 45.5 Å². The second-order valence-corrected chi connectivity index (χ2v) is 6.34. The highest BCUT2D eigenvalue weighted by Crippen LogP contribution is 2.24. The average Bonchev–Trinajstić information content (AvgIpc) is 2.74. The number of aliphatic imine (C=N–C) groups is 2. The maximum absolute atomic E-state index is 11.2. The molecule has 3 rings (SSSR count). The van der Waals surface area contributed by atoms with Crippen molar-refractivity contribution in [3.8, 4) is 0 Å². The maximum Gasteiger partial charge on any atom is 0.300 e. The van der Waals surface area contributed by atoms with Gasteiger partial charge in [0.1, 0.15) is 6.21 Å². The molecule has 8 nitrogen and oxygen atoms in total. The standard InChI is InChI=1S/C11H10ClN6O2S/c12-18-6-5-14-7-10(18)16-11(17-18)15-8-1-3-9(4-2-8)21(13,19)20/h1-7H,(H,15,17)(H2,13,19,20)/q+1. The quantitative estimate of drug-likeness (QED) is 0.790. The minimum Gasteiger partial charge on any atom is -0.320 e. The Hall–Kier alpha value is -2.07. The van der Waals surface area contributed by atoms with E-state index in [1.54, 1.807) is 18.3 Å². The molecule has 2 aliphatic heterocycles. The van der Waals surface area contributed by atoms with Gasteiger partial charge in [0.05, 0.1) is 11.1 Å². The molecule has 10 heteroatoms. The van der Waals surface area contributed by atoms with E-state index in [4.69, 9.17) is 16.9 Å².